The van der Waals surface area contributed by atoms with Crippen molar-refractivity contribution in [2.45, 2.75) is 39.3 Å². The van der Waals surface area contributed by atoms with E-state index in [0.29, 0.717) is 11.4 Å². The SMILES string of the molecule is COC(=O)c1cnc(-c2cn(CCCNC(=O)OC(C)(C)C)[n+](C)c2)s1. The summed E-state index contributed by atoms with van der Waals surface area (Å²) < 4.78 is 13.9. The zero-order valence-electron chi connectivity index (χ0n) is 15.7. The van der Waals surface area contributed by atoms with Crippen LogP contribution in [0.2, 0.25) is 0 Å². The molecule has 0 radical (unpaired) electrons. The molecule has 142 valence electrons. The van der Waals surface area contributed by atoms with Crippen molar-refractivity contribution < 1.29 is 23.7 Å². The number of amides is 1. The Hall–Kier alpha value is -2.42. The Balaban J connectivity index is 1.89. The van der Waals surface area contributed by atoms with Gasteiger partial charge in [-0.3, -0.25) is 0 Å². The number of methoxy groups -OCH3 is 1. The highest BCUT2D eigenvalue weighted by molar-refractivity contribution is 7.16. The van der Waals surface area contributed by atoms with E-state index in [2.05, 4.69) is 10.3 Å². The zero-order valence-corrected chi connectivity index (χ0v) is 16.6. The van der Waals surface area contributed by atoms with Gasteiger partial charge in [0.15, 0.2) is 7.05 Å². The van der Waals surface area contributed by atoms with Crippen LogP contribution in [0.1, 0.15) is 36.9 Å². The molecule has 0 unspecified atom stereocenters. The third kappa shape index (κ3) is 5.55. The minimum Gasteiger partial charge on any atom is -0.465 e. The van der Waals surface area contributed by atoms with Crippen molar-refractivity contribution in [3.8, 4) is 10.6 Å². The monoisotopic (exact) mass is 381 g/mol. The lowest BCUT2D eigenvalue weighted by atomic mass is 10.2. The van der Waals surface area contributed by atoms with E-state index >= 15 is 0 Å². The molecule has 2 aromatic heterocycles. The number of nitrogens with one attached hydrogen (secondary N) is 1. The Kier molecular flexibility index (Phi) is 6.36. The van der Waals surface area contributed by atoms with Crippen molar-refractivity contribution >= 4 is 23.4 Å². The number of rotatable bonds is 6. The predicted molar refractivity (Wildman–Crippen MR) is 96.9 cm³/mol. The molecule has 0 saturated heterocycles. The number of alkyl carbamates (subject to hydrolysis) is 1. The Bertz CT molecular complexity index is 776. The van der Waals surface area contributed by atoms with Crippen molar-refractivity contribution in [1.82, 2.24) is 15.0 Å². The molecular formula is C17H25N4O4S+. The molecule has 0 bridgehead atoms. The van der Waals surface area contributed by atoms with Crippen molar-refractivity contribution in [3.05, 3.63) is 23.5 Å². The van der Waals surface area contributed by atoms with Crippen molar-refractivity contribution in [2.75, 3.05) is 13.7 Å². The lowest BCUT2D eigenvalue weighted by molar-refractivity contribution is -0.753. The van der Waals surface area contributed by atoms with Gasteiger partial charge in [0, 0.05) is 6.54 Å². The highest BCUT2D eigenvalue weighted by Gasteiger charge is 2.18. The Morgan fingerprint density at radius 2 is 2.12 bits per heavy atom. The summed E-state index contributed by atoms with van der Waals surface area (Å²) in [5.74, 6) is -0.384. The lowest BCUT2D eigenvalue weighted by Gasteiger charge is -2.19. The van der Waals surface area contributed by atoms with Gasteiger partial charge in [-0.05, 0) is 27.2 Å². The second kappa shape index (κ2) is 8.31. The second-order valence-corrected chi connectivity index (χ2v) is 7.78. The summed E-state index contributed by atoms with van der Waals surface area (Å²) in [6, 6.07) is 0. The standard InChI is InChI=1S/C17H24N4O4S/c1-17(2,3)25-16(23)18-7-6-8-21-11-12(10-20(21)4)14-19-9-13(26-14)15(22)24-5/h9-11H,6-8H2,1-5H3/p+1. The lowest BCUT2D eigenvalue weighted by Crippen LogP contribution is -2.39. The van der Waals surface area contributed by atoms with Gasteiger partial charge in [0.2, 0.25) is 6.20 Å². The summed E-state index contributed by atoms with van der Waals surface area (Å²) in [5, 5.41) is 3.50. The topological polar surface area (TPSA) is 86.3 Å². The van der Waals surface area contributed by atoms with E-state index in [1.807, 2.05) is 49.6 Å². The number of aromatic nitrogens is 3. The zero-order chi connectivity index (χ0) is 19.3. The molecule has 1 N–H and O–H groups in total. The number of ether oxygens (including phenoxy) is 2. The maximum absolute atomic E-state index is 11.6. The first-order chi connectivity index (χ1) is 12.2. The Labute approximate surface area is 156 Å². The van der Waals surface area contributed by atoms with Crippen LogP contribution in [-0.2, 0) is 23.1 Å². The van der Waals surface area contributed by atoms with E-state index in [1.54, 1.807) is 0 Å². The summed E-state index contributed by atoms with van der Waals surface area (Å²) in [6.45, 7) is 6.74. The molecule has 0 atom stereocenters. The number of esters is 1. The molecule has 0 fully saturated rings. The first-order valence-electron chi connectivity index (χ1n) is 8.27. The number of carbonyl (C=O) groups is 2. The first-order valence-corrected chi connectivity index (χ1v) is 9.08. The number of carbonyl (C=O) groups excluding carboxylic acids is 2. The minimum absolute atomic E-state index is 0.384. The van der Waals surface area contributed by atoms with Gasteiger partial charge < -0.3 is 14.8 Å². The second-order valence-electron chi connectivity index (χ2n) is 6.75. The molecule has 0 spiro atoms. The van der Waals surface area contributed by atoms with E-state index in [-0.39, 0.29) is 5.97 Å². The van der Waals surface area contributed by atoms with E-state index in [4.69, 9.17) is 9.47 Å². The molecule has 0 aliphatic heterocycles. The molecule has 0 aliphatic rings. The van der Waals surface area contributed by atoms with Gasteiger partial charge in [-0.25, -0.2) is 14.6 Å². The van der Waals surface area contributed by atoms with Gasteiger partial charge in [-0.2, -0.15) is 4.68 Å². The van der Waals surface area contributed by atoms with Crippen LogP contribution in [0.5, 0.6) is 0 Å². The summed E-state index contributed by atoms with van der Waals surface area (Å²) in [4.78, 5) is 27.9. The van der Waals surface area contributed by atoms with Crippen LogP contribution < -0.4 is 10.00 Å². The summed E-state index contributed by atoms with van der Waals surface area (Å²) in [6.07, 6.45) is 5.78. The highest BCUT2D eigenvalue weighted by atomic mass is 32.1. The maximum Gasteiger partial charge on any atom is 0.407 e. The van der Waals surface area contributed by atoms with Crippen molar-refractivity contribution in [3.63, 3.8) is 0 Å². The summed E-state index contributed by atoms with van der Waals surface area (Å²) >= 11 is 1.29. The van der Waals surface area contributed by atoms with Crippen LogP contribution >= 0.6 is 11.3 Å². The van der Waals surface area contributed by atoms with Gasteiger partial charge in [0.1, 0.15) is 15.5 Å². The Morgan fingerprint density at radius 3 is 2.77 bits per heavy atom. The molecule has 9 heteroatoms. The fourth-order valence-electron chi connectivity index (χ4n) is 2.24. The largest absolute Gasteiger partial charge is 0.465 e. The molecule has 1 amide bonds. The highest BCUT2D eigenvalue weighted by Crippen LogP contribution is 2.24. The van der Waals surface area contributed by atoms with Crippen molar-refractivity contribution in [1.29, 1.82) is 0 Å². The molecule has 0 aromatic carbocycles. The van der Waals surface area contributed by atoms with E-state index in [0.717, 1.165) is 23.5 Å². The minimum atomic E-state index is -0.497. The van der Waals surface area contributed by atoms with Crippen LogP contribution in [0, 0.1) is 0 Å². The van der Waals surface area contributed by atoms with Crippen LogP contribution in [0.25, 0.3) is 10.6 Å². The number of hydrogen-bond acceptors (Lipinski definition) is 6. The van der Waals surface area contributed by atoms with Crippen LogP contribution in [0.15, 0.2) is 18.6 Å². The number of thiazole rings is 1. The third-order valence-electron chi connectivity index (χ3n) is 3.39. The molecule has 0 aliphatic carbocycles. The third-order valence-corrected chi connectivity index (χ3v) is 4.42. The number of nitrogens with zero attached hydrogens (tertiary/aromatic N) is 3. The van der Waals surface area contributed by atoms with E-state index < -0.39 is 11.7 Å². The molecule has 8 nitrogen and oxygen atoms in total. The number of hydrogen-bond donors (Lipinski definition) is 1. The van der Waals surface area contributed by atoms with Crippen LogP contribution in [0.3, 0.4) is 0 Å². The van der Waals surface area contributed by atoms with E-state index in [9.17, 15) is 9.59 Å². The Morgan fingerprint density at radius 1 is 1.38 bits per heavy atom. The van der Waals surface area contributed by atoms with Gasteiger partial charge in [-0.15, -0.1) is 16.0 Å². The molecule has 2 aromatic rings. The molecule has 26 heavy (non-hydrogen) atoms. The predicted octanol–water partition coefficient (Wildman–Crippen LogP) is 2.14. The van der Waals surface area contributed by atoms with Crippen LogP contribution in [-0.4, -0.2) is 41.0 Å². The first kappa shape index (κ1) is 19.9. The van der Waals surface area contributed by atoms with Crippen LogP contribution in [0.4, 0.5) is 4.79 Å². The van der Waals surface area contributed by atoms with Gasteiger partial charge in [-0.1, -0.05) is 0 Å². The molecule has 2 rings (SSSR count). The van der Waals surface area contributed by atoms with Gasteiger partial charge in [0.25, 0.3) is 0 Å². The van der Waals surface area contributed by atoms with Crippen molar-refractivity contribution in [2.24, 2.45) is 7.05 Å². The van der Waals surface area contributed by atoms with Gasteiger partial charge >= 0.3 is 12.1 Å². The normalized spacial score (nSPS) is 11.3. The average molecular weight is 381 g/mol. The summed E-state index contributed by atoms with van der Waals surface area (Å²) in [7, 11) is 3.28. The molecule has 2 heterocycles. The quantitative estimate of drug-likeness (QED) is 0.471. The molecular weight excluding hydrogens is 356 g/mol. The maximum atomic E-state index is 11.6. The average Bonchev–Trinajstić information content (AvgIpc) is 3.16. The fraction of sp³-hybridized carbons (Fsp3) is 0.529. The van der Waals surface area contributed by atoms with Gasteiger partial charge in [0.05, 0.1) is 31.6 Å². The fourth-order valence-corrected chi connectivity index (χ4v) is 3.05. The smallest absolute Gasteiger partial charge is 0.407 e. The summed E-state index contributed by atoms with van der Waals surface area (Å²) in [5.41, 5.74) is 0.426. The number of aryl methyl sites for hydroxylation is 2. The molecule has 0 saturated carbocycles. The van der Waals surface area contributed by atoms with E-state index in [1.165, 1.54) is 24.6 Å².